The van der Waals surface area contributed by atoms with Gasteiger partial charge in [-0.05, 0) is 70.4 Å². The van der Waals surface area contributed by atoms with E-state index in [4.69, 9.17) is 19.2 Å². The summed E-state index contributed by atoms with van der Waals surface area (Å²) in [5, 5.41) is 0.669. The van der Waals surface area contributed by atoms with Gasteiger partial charge in [-0.2, -0.15) is 0 Å². The van der Waals surface area contributed by atoms with Crippen LogP contribution in [0.3, 0.4) is 0 Å². The molecule has 0 fully saturated rings. The molecule has 0 unspecified atom stereocenters. The Morgan fingerprint density at radius 2 is 1.81 bits per heavy atom. The topological polar surface area (TPSA) is 64.1 Å². The first-order chi connectivity index (χ1) is 15.0. The van der Waals surface area contributed by atoms with Gasteiger partial charge in [0.15, 0.2) is 16.6 Å². The van der Waals surface area contributed by atoms with E-state index in [1.54, 1.807) is 37.3 Å². The summed E-state index contributed by atoms with van der Waals surface area (Å²) in [4.78, 5) is 22.1. The van der Waals surface area contributed by atoms with Crippen molar-refractivity contribution >= 4 is 32.6 Å². The Morgan fingerprint density at radius 1 is 1.03 bits per heavy atom. The van der Waals surface area contributed by atoms with Gasteiger partial charge in [0.05, 0.1) is 31.0 Å². The molecule has 3 rings (SSSR count). The normalized spacial score (nSPS) is 11.0. The minimum absolute atomic E-state index is 0.121. The first-order valence-corrected chi connectivity index (χ1v) is 11.0. The molecule has 0 aliphatic heterocycles. The second kappa shape index (κ2) is 10.5. The number of nitrogens with zero attached hydrogens (tertiary/aromatic N) is 3. The van der Waals surface area contributed by atoms with Crippen LogP contribution in [0.1, 0.15) is 23.7 Å². The summed E-state index contributed by atoms with van der Waals surface area (Å²) in [6.07, 6.45) is 0.826. The van der Waals surface area contributed by atoms with Gasteiger partial charge in [0.25, 0.3) is 5.91 Å². The molecule has 0 aliphatic rings. The lowest BCUT2D eigenvalue weighted by Gasteiger charge is -2.21. The van der Waals surface area contributed by atoms with Crippen molar-refractivity contribution in [1.29, 1.82) is 0 Å². The molecule has 0 N–H and O–H groups in total. The number of carbonyl (C=O) groups is 1. The number of rotatable bonds is 10. The summed E-state index contributed by atoms with van der Waals surface area (Å²) >= 11 is 1.49. The van der Waals surface area contributed by atoms with Gasteiger partial charge < -0.3 is 19.1 Å². The van der Waals surface area contributed by atoms with E-state index in [2.05, 4.69) is 4.90 Å². The average Bonchev–Trinajstić information content (AvgIpc) is 3.18. The molecule has 8 heteroatoms. The molecule has 1 heterocycles. The van der Waals surface area contributed by atoms with Gasteiger partial charge in [0.1, 0.15) is 5.75 Å². The molecule has 3 aromatic rings. The number of hydrogen-bond acceptors (Lipinski definition) is 7. The SMILES string of the molecule is CCOc1ccc2nc(N(CCCN(C)C)C(=O)c3ccc(OC)c(OC)c3)sc2c1. The van der Waals surface area contributed by atoms with Gasteiger partial charge >= 0.3 is 0 Å². The third-order valence-electron chi connectivity index (χ3n) is 4.75. The second-order valence-corrected chi connectivity index (χ2v) is 8.25. The molecule has 0 saturated heterocycles. The number of fused-ring (bicyclic) bond motifs is 1. The average molecular weight is 444 g/mol. The van der Waals surface area contributed by atoms with Crippen molar-refractivity contribution in [3.63, 3.8) is 0 Å². The van der Waals surface area contributed by atoms with Crippen molar-refractivity contribution in [3.8, 4) is 17.2 Å². The molecule has 7 nitrogen and oxygen atoms in total. The summed E-state index contributed by atoms with van der Waals surface area (Å²) in [5.41, 5.74) is 1.37. The van der Waals surface area contributed by atoms with Crippen LogP contribution in [-0.2, 0) is 0 Å². The zero-order chi connectivity index (χ0) is 22.4. The Balaban J connectivity index is 1.95. The van der Waals surface area contributed by atoms with E-state index in [0.29, 0.717) is 35.3 Å². The Kier molecular flexibility index (Phi) is 7.70. The van der Waals surface area contributed by atoms with Crippen LogP contribution >= 0.6 is 11.3 Å². The fourth-order valence-electron chi connectivity index (χ4n) is 3.22. The number of ether oxygens (including phenoxy) is 3. The fraction of sp³-hybridized carbons (Fsp3) is 0.391. The molecule has 1 amide bonds. The number of benzene rings is 2. The van der Waals surface area contributed by atoms with E-state index >= 15 is 0 Å². The number of methoxy groups -OCH3 is 2. The maximum atomic E-state index is 13.5. The van der Waals surface area contributed by atoms with E-state index in [-0.39, 0.29) is 5.91 Å². The van der Waals surface area contributed by atoms with Crippen LogP contribution in [0.2, 0.25) is 0 Å². The lowest BCUT2D eigenvalue weighted by Crippen LogP contribution is -2.33. The van der Waals surface area contributed by atoms with Crippen molar-refractivity contribution in [2.24, 2.45) is 0 Å². The third-order valence-corrected chi connectivity index (χ3v) is 5.79. The standard InChI is InChI=1S/C23H29N3O4S/c1-6-30-17-9-10-18-21(15-17)31-23(24-18)26(13-7-12-25(2)3)22(27)16-8-11-19(28-4)20(14-16)29-5/h8-11,14-15H,6-7,12-13H2,1-5H3. The third kappa shape index (κ3) is 5.45. The van der Waals surface area contributed by atoms with E-state index in [1.807, 2.05) is 39.2 Å². The van der Waals surface area contributed by atoms with Gasteiger partial charge in [0.2, 0.25) is 0 Å². The number of anilines is 1. The van der Waals surface area contributed by atoms with Crippen molar-refractivity contribution in [1.82, 2.24) is 9.88 Å². The van der Waals surface area contributed by atoms with Crippen LogP contribution in [0.4, 0.5) is 5.13 Å². The maximum Gasteiger partial charge on any atom is 0.260 e. The summed E-state index contributed by atoms with van der Waals surface area (Å²) in [6.45, 7) is 3.99. The van der Waals surface area contributed by atoms with Crippen molar-refractivity contribution in [2.45, 2.75) is 13.3 Å². The van der Waals surface area contributed by atoms with E-state index in [9.17, 15) is 4.79 Å². The second-order valence-electron chi connectivity index (χ2n) is 7.24. The largest absolute Gasteiger partial charge is 0.494 e. The van der Waals surface area contributed by atoms with E-state index in [1.165, 1.54) is 11.3 Å². The molecule has 0 radical (unpaired) electrons. The van der Waals surface area contributed by atoms with Crippen LogP contribution in [0, 0.1) is 0 Å². The molecule has 31 heavy (non-hydrogen) atoms. The molecule has 0 saturated carbocycles. The highest BCUT2D eigenvalue weighted by Crippen LogP contribution is 2.33. The zero-order valence-corrected chi connectivity index (χ0v) is 19.5. The van der Waals surface area contributed by atoms with E-state index < -0.39 is 0 Å². The molecule has 0 atom stereocenters. The number of carbonyl (C=O) groups excluding carboxylic acids is 1. The molecule has 2 aromatic carbocycles. The highest BCUT2D eigenvalue weighted by molar-refractivity contribution is 7.22. The molecule has 0 spiro atoms. The molecular formula is C23H29N3O4S. The zero-order valence-electron chi connectivity index (χ0n) is 18.7. The van der Waals surface area contributed by atoms with E-state index in [0.717, 1.165) is 28.9 Å². The highest BCUT2D eigenvalue weighted by Gasteiger charge is 2.22. The monoisotopic (exact) mass is 443 g/mol. The first kappa shape index (κ1) is 22.8. The Labute approximate surface area is 187 Å². The predicted molar refractivity (Wildman–Crippen MR) is 125 cm³/mol. The molecule has 0 bridgehead atoms. The van der Waals surface area contributed by atoms with Crippen LogP contribution < -0.4 is 19.1 Å². The Morgan fingerprint density at radius 3 is 2.48 bits per heavy atom. The number of hydrogen-bond donors (Lipinski definition) is 0. The number of amides is 1. The maximum absolute atomic E-state index is 13.5. The fourth-order valence-corrected chi connectivity index (χ4v) is 4.24. The lowest BCUT2D eigenvalue weighted by atomic mass is 10.1. The van der Waals surface area contributed by atoms with Crippen molar-refractivity contribution < 1.29 is 19.0 Å². The molecule has 0 aliphatic carbocycles. The highest BCUT2D eigenvalue weighted by atomic mass is 32.1. The quantitative estimate of drug-likeness (QED) is 0.465. The lowest BCUT2D eigenvalue weighted by molar-refractivity contribution is 0.0985. The van der Waals surface area contributed by atoms with Gasteiger partial charge in [0, 0.05) is 12.1 Å². The van der Waals surface area contributed by atoms with Gasteiger partial charge in [-0.1, -0.05) is 11.3 Å². The van der Waals surface area contributed by atoms with Crippen molar-refractivity contribution in [3.05, 3.63) is 42.0 Å². The van der Waals surface area contributed by atoms with Gasteiger partial charge in [-0.25, -0.2) is 4.98 Å². The van der Waals surface area contributed by atoms with Gasteiger partial charge in [-0.15, -0.1) is 0 Å². The molecule has 1 aromatic heterocycles. The molecule has 166 valence electrons. The summed E-state index contributed by atoms with van der Waals surface area (Å²) in [7, 11) is 7.18. The minimum atomic E-state index is -0.121. The smallest absolute Gasteiger partial charge is 0.260 e. The number of thiazole rings is 1. The summed E-state index contributed by atoms with van der Waals surface area (Å²) in [6, 6.07) is 11.0. The Hall–Kier alpha value is -2.84. The summed E-state index contributed by atoms with van der Waals surface area (Å²) in [5.74, 6) is 1.79. The minimum Gasteiger partial charge on any atom is -0.494 e. The molecular weight excluding hydrogens is 414 g/mol. The predicted octanol–water partition coefficient (Wildman–Crippen LogP) is 4.31. The Bertz CT molecular complexity index is 1030. The van der Waals surface area contributed by atoms with Crippen LogP contribution in [-0.4, -0.2) is 63.8 Å². The van der Waals surface area contributed by atoms with Crippen LogP contribution in [0.5, 0.6) is 17.2 Å². The van der Waals surface area contributed by atoms with Gasteiger partial charge in [-0.3, -0.25) is 9.69 Å². The summed E-state index contributed by atoms with van der Waals surface area (Å²) < 4.78 is 17.3. The van der Waals surface area contributed by atoms with Crippen LogP contribution in [0.15, 0.2) is 36.4 Å². The van der Waals surface area contributed by atoms with Crippen LogP contribution in [0.25, 0.3) is 10.2 Å². The number of aromatic nitrogens is 1. The van der Waals surface area contributed by atoms with Crippen molar-refractivity contribution in [2.75, 3.05) is 52.9 Å². The first-order valence-electron chi connectivity index (χ1n) is 10.2.